The molecule has 0 aromatic rings. The molecule has 0 unspecified atom stereocenters. The highest BCUT2D eigenvalue weighted by molar-refractivity contribution is 5.75. The second kappa shape index (κ2) is 6.96. The van der Waals surface area contributed by atoms with Crippen molar-refractivity contribution in [2.24, 2.45) is 28.6 Å². The van der Waals surface area contributed by atoms with Crippen LogP contribution < -0.4 is 0 Å². The molecule has 23 heavy (non-hydrogen) atoms. The molecule has 0 aromatic carbocycles. The van der Waals surface area contributed by atoms with Crippen LogP contribution in [0.25, 0.3) is 0 Å². The molecule has 132 valence electrons. The van der Waals surface area contributed by atoms with E-state index in [0.717, 1.165) is 51.4 Å². The molecule has 2 rings (SSSR count). The quantitative estimate of drug-likeness (QED) is 0.700. The van der Waals surface area contributed by atoms with Crippen molar-refractivity contribution < 1.29 is 15.0 Å². The van der Waals surface area contributed by atoms with E-state index in [9.17, 15) is 9.90 Å². The predicted octanol–water partition coefficient (Wildman–Crippen LogP) is 4.65. The Morgan fingerprint density at radius 3 is 2.65 bits per heavy atom. The summed E-state index contributed by atoms with van der Waals surface area (Å²) in [6.07, 6.45) is 7.92. The van der Waals surface area contributed by atoms with Crippen LogP contribution in [0.5, 0.6) is 0 Å². The minimum absolute atomic E-state index is 0.0691. The summed E-state index contributed by atoms with van der Waals surface area (Å²) in [4.78, 5) is 12.0. The highest BCUT2D eigenvalue weighted by atomic mass is 16.4. The fourth-order valence-electron chi connectivity index (χ4n) is 5.55. The van der Waals surface area contributed by atoms with Crippen molar-refractivity contribution in [2.45, 2.75) is 72.1 Å². The monoisotopic (exact) mass is 322 g/mol. The number of carboxylic acid groups (broad SMARTS) is 1. The Morgan fingerprint density at radius 1 is 1.35 bits per heavy atom. The van der Waals surface area contributed by atoms with Gasteiger partial charge >= 0.3 is 5.97 Å². The van der Waals surface area contributed by atoms with Crippen LogP contribution >= 0.6 is 0 Å². The number of fused-ring (bicyclic) bond motifs is 1. The van der Waals surface area contributed by atoms with E-state index in [0.29, 0.717) is 11.8 Å². The molecule has 2 fully saturated rings. The summed E-state index contributed by atoms with van der Waals surface area (Å²) in [6.45, 7) is 11.1. The molecular formula is C20H34O3. The van der Waals surface area contributed by atoms with Gasteiger partial charge in [0.1, 0.15) is 0 Å². The van der Waals surface area contributed by atoms with Crippen LogP contribution in [0.1, 0.15) is 72.1 Å². The predicted molar refractivity (Wildman–Crippen MR) is 93.2 cm³/mol. The number of carbonyl (C=O) groups is 1. The Morgan fingerprint density at radius 2 is 2.04 bits per heavy atom. The molecule has 0 bridgehead atoms. The average molecular weight is 322 g/mol. The van der Waals surface area contributed by atoms with Crippen molar-refractivity contribution in [1.29, 1.82) is 0 Å². The lowest BCUT2D eigenvalue weighted by Gasteiger charge is -2.57. The zero-order valence-corrected chi connectivity index (χ0v) is 15.1. The molecule has 0 heterocycles. The summed E-state index contributed by atoms with van der Waals surface area (Å²) in [5.41, 5.74) is 0.817. The number of aliphatic hydroxyl groups is 1. The van der Waals surface area contributed by atoms with Gasteiger partial charge in [0.05, 0.1) is 5.41 Å². The molecule has 2 aliphatic rings. The standard InChI is InChI=1S/C20H34O3/c1-14(10-13-21)6-8-16-15(2)7-9-17-19(16,3)11-5-12-20(17,4)18(22)23/h14,16-17,21H,2,5-13H2,1,3-4H3,(H,22,23)/t14-,16+,17+,19-,20-/m0/s1. The van der Waals surface area contributed by atoms with Crippen LogP contribution in [0.3, 0.4) is 0 Å². The maximum Gasteiger partial charge on any atom is 0.309 e. The Balaban J connectivity index is 2.21. The van der Waals surface area contributed by atoms with Crippen LogP contribution in [0.4, 0.5) is 0 Å². The maximum absolute atomic E-state index is 12.0. The van der Waals surface area contributed by atoms with E-state index < -0.39 is 11.4 Å². The highest BCUT2D eigenvalue weighted by Crippen LogP contribution is 2.62. The van der Waals surface area contributed by atoms with Crippen molar-refractivity contribution in [2.75, 3.05) is 6.61 Å². The second-order valence-electron chi connectivity index (χ2n) is 8.58. The normalized spacial score (nSPS) is 38.9. The number of hydrogen-bond acceptors (Lipinski definition) is 2. The Kier molecular flexibility index (Phi) is 5.60. The zero-order chi connectivity index (χ0) is 17.3. The van der Waals surface area contributed by atoms with Crippen LogP contribution in [0.15, 0.2) is 12.2 Å². The number of aliphatic hydroxyl groups excluding tert-OH is 1. The van der Waals surface area contributed by atoms with E-state index in [4.69, 9.17) is 5.11 Å². The molecule has 3 nitrogen and oxygen atoms in total. The minimum Gasteiger partial charge on any atom is -0.481 e. The SMILES string of the molecule is C=C1CC[C@@H]2[C@@](C)(CCC[C@]2(C)C(=O)O)[C@@H]1CC[C@H](C)CCO. The van der Waals surface area contributed by atoms with Gasteiger partial charge in [-0.15, -0.1) is 0 Å². The summed E-state index contributed by atoms with van der Waals surface area (Å²) >= 11 is 0. The van der Waals surface area contributed by atoms with Crippen molar-refractivity contribution in [3.8, 4) is 0 Å². The van der Waals surface area contributed by atoms with Gasteiger partial charge in [0.2, 0.25) is 0 Å². The summed E-state index contributed by atoms with van der Waals surface area (Å²) in [5, 5.41) is 19.0. The largest absolute Gasteiger partial charge is 0.481 e. The van der Waals surface area contributed by atoms with Crippen molar-refractivity contribution in [1.82, 2.24) is 0 Å². The van der Waals surface area contributed by atoms with Gasteiger partial charge in [-0.3, -0.25) is 4.79 Å². The maximum atomic E-state index is 12.0. The number of allylic oxidation sites excluding steroid dienone is 1. The smallest absolute Gasteiger partial charge is 0.309 e. The van der Waals surface area contributed by atoms with E-state index in [2.05, 4.69) is 20.4 Å². The van der Waals surface area contributed by atoms with Crippen molar-refractivity contribution in [3.63, 3.8) is 0 Å². The molecule has 0 amide bonds. The number of rotatable bonds is 6. The molecule has 0 spiro atoms. The van der Waals surface area contributed by atoms with Crippen LogP contribution in [0, 0.1) is 28.6 Å². The third-order valence-electron chi connectivity index (χ3n) is 7.08. The molecular weight excluding hydrogens is 288 g/mol. The van der Waals surface area contributed by atoms with Gasteiger partial charge in [-0.2, -0.15) is 0 Å². The molecule has 2 N–H and O–H groups in total. The summed E-state index contributed by atoms with van der Waals surface area (Å²) in [5.74, 6) is 0.589. The third-order valence-corrected chi connectivity index (χ3v) is 7.08. The lowest BCUT2D eigenvalue weighted by atomic mass is 9.46. The lowest BCUT2D eigenvalue weighted by Crippen LogP contribution is -2.53. The molecule has 0 aromatic heterocycles. The summed E-state index contributed by atoms with van der Waals surface area (Å²) in [7, 11) is 0. The summed E-state index contributed by atoms with van der Waals surface area (Å²) in [6, 6.07) is 0. The first-order chi connectivity index (χ1) is 10.8. The molecule has 0 saturated heterocycles. The van der Waals surface area contributed by atoms with E-state index in [1.165, 1.54) is 5.57 Å². The fraction of sp³-hybridized carbons (Fsp3) is 0.850. The van der Waals surface area contributed by atoms with Gasteiger partial charge in [-0.25, -0.2) is 0 Å². The number of hydrogen-bond donors (Lipinski definition) is 2. The van der Waals surface area contributed by atoms with E-state index in [-0.39, 0.29) is 17.9 Å². The van der Waals surface area contributed by atoms with E-state index in [1.807, 2.05) is 6.92 Å². The molecule has 5 atom stereocenters. The third kappa shape index (κ3) is 3.35. The first-order valence-corrected chi connectivity index (χ1v) is 9.27. The molecule has 3 heteroatoms. The van der Waals surface area contributed by atoms with Gasteiger partial charge in [-0.05, 0) is 68.6 Å². The average Bonchev–Trinajstić information content (AvgIpc) is 2.46. The van der Waals surface area contributed by atoms with Crippen LogP contribution in [-0.2, 0) is 4.79 Å². The first kappa shape index (κ1) is 18.5. The van der Waals surface area contributed by atoms with Crippen molar-refractivity contribution >= 4 is 5.97 Å². The van der Waals surface area contributed by atoms with Gasteiger partial charge in [0.15, 0.2) is 0 Å². The van der Waals surface area contributed by atoms with Crippen molar-refractivity contribution in [3.05, 3.63) is 12.2 Å². The first-order valence-electron chi connectivity index (χ1n) is 9.27. The Labute approximate surface area is 141 Å². The molecule has 0 radical (unpaired) electrons. The highest BCUT2D eigenvalue weighted by Gasteiger charge is 2.57. The minimum atomic E-state index is -0.617. The molecule has 2 aliphatic carbocycles. The molecule has 0 aliphatic heterocycles. The van der Waals surface area contributed by atoms with Crippen LogP contribution in [-0.4, -0.2) is 22.8 Å². The second-order valence-corrected chi connectivity index (χ2v) is 8.58. The summed E-state index contributed by atoms with van der Waals surface area (Å²) < 4.78 is 0. The zero-order valence-electron chi connectivity index (χ0n) is 15.1. The Hall–Kier alpha value is -0.830. The number of aliphatic carboxylic acids is 1. The fourth-order valence-corrected chi connectivity index (χ4v) is 5.55. The Bertz CT molecular complexity index is 458. The van der Waals surface area contributed by atoms with Gasteiger partial charge < -0.3 is 10.2 Å². The lowest BCUT2D eigenvalue weighted by molar-refractivity contribution is -0.164. The van der Waals surface area contributed by atoms with Crippen LogP contribution in [0.2, 0.25) is 0 Å². The van der Waals surface area contributed by atoms with E-state index in [1.54, 1.807) is 0 Å². The van der Waals surface area contributed by atoms with Gasteiger partial charge in [0, 0.05) is 6.61 Å². The molecule has 2 saturated carbocycles. The number of carboxylic acids is 1. The van der Waals surface area contributed by atoms with Gasteiger partial charge in [0.25, 0.3) is 0 Å². The topological polar surface area (TPSA) is 57.5 Å². The van der Waals surface area contributed by atoms with Gasteiger partial charge in [-0.1, -0.05) is 38.8 Å². The van der Waals surface area contributed by atoms with E-state index >= 15 is 0 Å².